The van der Waals surface area contributed by atoms with Crippen molar-refractivity contribution in [3.63, 3.8) is 0 Å². The van der Waals surface area contributed by atoms with Crippen molar-refractivity contribution in [3.05, 3.63) is 29.8 Å². The van der Waals surface area contributed by atoms with E-state index >= 15 is 0 Å². The number of methoxy groups -OCH3 is 1. The molecule has 2 amide bonds. The van der Waals surface area contributed by atoms with Crippen molar-refractivity contribution in [1.82, 2.24) is 10.2 Å². The third-order valence-electron chi connectivity index (χ3n) is 5.88. The number of nitrogens with one attached hydrogen (secondary N) is 1. The Balaban J connectivity index is 1.69. The van der Waals surface area contributed by atoms with Crippen LogP contribution in [0.1, 0.15) is 63.9 Å². The van der Waals surface area contributed by atoms with Gasteiger partial charge in [0.25, 0.3) is 0 Å². The maximum Gasteiger partial charge on any atom is 0.318 e. The molecular formula is C21H32N2O2. The average molecular weight is 344 g/mol. The van der Waals surface area contributed by atoms with E-state index in [2.05, 4.69) is 29.3 Å². The van der Waals surface area contributed by atoms with E-state index in [1.165, 1.54) is 31.2 Å². The minimum absolute atomic E-state index is 0.127. The lowest BCUT2D eigenvalue weighted by atomic mass is 9.86. The Hall–Kier alpha value is -1.71. The minimum atomic E-state index is 0.127. The molecule has 3 rings (SSSR count). The number of hydrogen-bond donors (Lipinski definition) is 1. The van der Waals surface area contributed by atoms with E-state index in [0.717, 1.165) is 37.4 Å². The third kappa shape index (κ3) is 4.90. The molecule has 1 aromatic rings. The minimum Gasteiger partial charge on any atom is -0.497 e. The molecule has 1 aromatic carbocycles. The van der Waals surface area contributed by atoms with Crippen LogP contribution in [0.4, 0.5) is 4.79 Å². The fourth-order valence-corrected chi connectivity index (χ4v) is 4.18. The Morgan fingerprint density at radius 3 is 2.32 bits per heavy atom. The second-order valence-corrected chi connectivity index (χ2v) is 7.82. The molecule has 0 heterocycles. The van der Waals surface area contributed by atoms with Crippen LogP contribution in [-0.2, 0) is 6.54 Å². The van der Waals surface area contributed by atoms with Gasteiger partial charge in [-0.2, -0.15) is 0 Å². The molecule has 1 N–H and O–H groups in total. The smallest absolute Gasteiger partial charge is 0.318 e. The van der Waals surface area contributed by atoms with Gasteiger partial charge in [0, 0.05) is 18.6 Å². The molecule has 0 radical (unpaired) electrons. The number of carbonyl (C=O) groups is 1. The maximum absolute atomic E-state index is 13.0. The number of benzene rings is 1. The summed E-state index contributed by atoms with van der Waals surface area (Å²) in [6, 6.07) is 8.95. The summed E-state index contributed by atoms with van der Waals surface area (Å²) in [6.45, 7) is 3.00. The van der Waals surface area contributed by atoms with E-state index in [9.17, 15) is 4.79 Å². The van der Waals surface area contributed by atoms with Crippen LogP contribution < -0.4 is 10.1 Å². The molecule has 0 aliphatic heterocycles. The normalized spacial score (nSPS) is 24.1. The summed E-state index contributed by atoms with van der Waals surface area (Å²) in [5.74, 6) is 1.65. The molecule has 2 aliphatic rings. The van der Waals surface area contributed by atoms with Crippen molar-refractivity contribution in [2.75, 3.05) is 7.11 Å². The fraction of sp³-hybridized carbons (Fsp3) is 0.667. The van der Waals surface area contributed by atoms with Crippen LogP contribution in [0.5, 0.6) is 5.75 Å². The van der Waals surface area contributed by atoms with Gasteiger partial charge in [0.1, 0.15) is 5.75 Å². The summed E-state index contributed by atoms with van der Waals surface area (Å²) in [6.07, 6.45) is 9.42. The lowest BCUT2D eigenvalue weighted by Gasteiger charge is -2.37. The highest BCUT2D eigenvalue weighted by Gasteiger charge is 2.29. The number of amides is 2. The molecule has 25 heavy (non-hydrogen) atoms. The Morgan fingerprint density at radius 1 is 1.08 bits per heavy atom. The molecule has 0 spiro atoms. The Kier molecular flexibility index (Phi) is 6.22. The van der Waals surface area contributed by atoms with Crippen LogP contribution in [0.2, 0.25) is 0 Å². The second kappa shape index (κ2) is 8.59. The molecule has 0 unspecified atom stereocenters. The van der Waals surface area contributed by atoms with Gasteiger partial charge < -0.3 is 15.0 Å². The molecule has 2 saturated carbocycles. The number of rotatable bonds is 5. The van der Waals surface area contributed by atoms with E-state index in [1.807, 2.05) is 12.1 Å². The third-order valence-corrected chi connectivity index (χ3v) is 5.88. The standard InChI is InChI=1S/C21H32N2O2/c1-16-7-11-19(12-8-16)23(21(24)22-18-5-3-4-6-18)15-17-9-13-20(25-2)14-10-17/h9-10,13-14,16,18-19H,3-8,11-12,15H2,1-2H3,(H,22,24)/t16-,19-. The number of nitrogens with zero attached hydrogens (tertiary/aromatic N) is 1. The van der Waals surface area contributed by atoms with Crippen molar-refractivity contribution < 1.29 is 9.53 Å². The SMILES string of the molecule is COc1ccc(CN(C(=O)NC2CCCC2)[C@H]2CC[C@H](C)CC2)cc1. The van der Waals surface area contributed by atoms with E-state index in [0.29, 0.717) is 18.6 Å². The van der Waals surface area contributed by atoms with Gasteiger partial charge in [-0.25, -0.2) is 4.79 Å². The summed E-state index contributed by atoms with van der Waals surface area (Å²) in [4.78, 5) is 15.1. The zero-order valence-corrected chi connectivity index (χ0v) is 15.7. The van der Waals surface area contributed by atoms with Crippen molar-refractivity contribution in [3.8, 4) is 5.75 Å². The zero-order chi connectivity index (χ0) is 17.6. The highest BCUT2D eigenvalue weighted by atomic mass is 16.5. The first kappa shape index (κ1) is 18.1. The molecule has 4 heteroatoms. The lowest BCUT2D eigenvalue weighted by molar-refractivity contribution is 0.138. The molecule has 0 saturated heterocycles. The van der Waals surface area contributed by atoms with Crippen LogP contribution in [0, 0.1) is 5.92 Å². The fourth-order valence-electron chi connectivity index (χ4n) is 4.18. The topological polar surface area (TPSA) is 41.6 Å². The van der Waals surface area contributed by atoms with Crippen molar-refractivity contribution >= 4 is 6.03 Å². The largest absolute Gasteiger partial charge is 0.497 e. The van der Waals surface area contributed by atoms with E-state index in [-0.39, 0.29) is 6.03 Å². The number of carbonyl (C=O) groups excluding carboxylic acids is 1. The summed E-state index contributed by atoms with van der Waals surface area (Å²) in [5, 5.41) is 3.29. The highest BCUT2D eigenvalue weighted by molar-refractivity contribution is 5.75. The molecule has 2 aliphatic carbocycles. The lowest BCUT2D eigenvalue weighted by Crippen LogP contribution is -2.49. The Bertz CT molecular complexity index is 544. The first-order valence-electron chi connectivity index (χ1n) is 9.85. The van der Waals surface area contributed by atoms with Crippen LogP contribution in [0.25, 0.3) is 0 Å². The number of urea groups is 1. The predicted octanol–water partition coefficient (Wildman–Crippen LogP) is 4.73. The summed E-state index contributed by atoms with van der Waals surface area (Å²) in [7, 11) is 1.68. The van der Waals surface area contributed by atoms with Crippen molar-refractivity contribution in [1.29, 1.82) is 0 Å². The van der Waals surface area contributed by atoms with Gasteiger partial charge in [0.2, 0.25) is 0 Å². The zero-order valence-electron chi connectivity index (χ0n) is 15.7. The van der Waals surface area contributed by atoms with Crippen LogP contribution in [-0.4, -0.2) is 30.1 Å². The number of ether oxygens (including phenoxy) is 1. The molecule has 2 fully saturated rings. The second-order valence-electron chi connectivity index (χ2n) is 7.82. The maximum atomic E-state index is 13.0. The van der Waals surface area contributed by atoms with Crippen LogP contribution in [0.3, 0.4) is 0 Å². The van der Waals surface area contributed by atoms with Gasteiger partial charge in [-0.3, -0.25) is 0 Å². The molecule has 0 atom stereocenters. The van der Waals surface area contributed by atoms with Crippen LogP contribution in [0.15, 0.2) is 24.3 Å². The Labute approximate surface area is 151 Å². The van der Waals surface area contributed by atoms with Gasteiger partial charge in [0.15, 0.2) is 0 Å². The first-order valence-corrected chi connectivity index (χ1v) is 9.85. The van der Waals surface area contributed by atoms with Crippen molar-refractivity contribution in [2.45, 2.75) is 76.9 Å². The van der Waals surface area contributed by atoms with E-state index in [4.69, 9.17) is 4.74 Å². The van der Waals surface area contributed by atoms with Gasteiger partial charge in [-0.05, 0) is 62.1 Å². The summed E-state index contributed by atoms with van der Waals surface area (Å²) in [5.41, 5.74) is 1.17. The summed E-state index contributed by atoms with van der Waals surface area (Å²) >= 11 is 0. The quantitative estimate of drug-likeness (QED) is 0.839. The molecule has 0 aromatic heterocycles. The van der Waals surface area contributed by atoms with E-state index < -0.39 is 0 Å². The molecule has 4 nitrogen and oxygen atoms in total. The monoisotopic (exact) mass is 344 g/mol. The predicted molar refractivity (Wildman–Crippen MR) is 101 cm³/mol. The van der Waals surface area contributed by atoms with Gasteiger partial charge in [-0.15, -0.1) is 0 Å². The number of hydrogen-bond acceptors (Lipinski definition) is 2. The molecule has 0 bridgehead atoms. The first-order chi connectivity index (χ1) is 12.2. The average Bonchev–Trinajstić information content (AvgIpc) is 3.14. The molecule has 138 valence electrons. The van der Waals surface area contributed by atoms with Gasteiger partial charge in [0.05, 0.1) is 7.11 Å². The van der Waals surface area contributed by atoms with Crippen molar-refractivity contribution in [2.24, 2.45) is 5.92 Å². The Morgan fingerprint density at radius 2 is 1.72 bits per heavy atom. The molecular weight excluding hydrogens is 312 g/mol. The van der Waals surface area contributed by atoms with Crippen LogP contribution >= 0.6 is 0 Å². The summed E-state index contributed by atoms with van der Waals surface area (Å²) < 4.78 is 5.25. The highest BCUT2D eigenvalue weighted by Crippen LogP contribution is 2.29. The van der Waals surface area contributed by atoms with E-state index in [1.54, 1.807) is 7.11 Å². The van der Waals surface area contributed by atoms with Gasteiger partial charge in [-0.1, -0.05) is 31.9 Å². The van der Waals surface area contributed by atoms with Gasteiger partial charge >= 0.3 is 6.03 Å².